The van der Waals surface area contributed by atoms with E-state index in [1.54, 1.807) is 11.5 Å². The number of hydrogen-bond donors (Lipinski definition) is 2. The highest BCUT2D eigenvalue weighted by atomic mass is 16.1. The molecule has 0 saturated carbocycles. The third kappa shape index (κ3) is 3.54. The number of hydrogen-bond acceptors (Lipinski definition) is 7. The van der Waals surface area contributed by atoms with E-state index >= 15 is 0 Å². The zero-order valence-electron chi connectivity index (χ0n) is 18.3. The summed E-state index contributed by atoms with van der Waals surface area (Å²) in [7, 11) is 0. The van der Waals surface area contributed by atoms with Gasteiger partial charge in [-0.2, -0.15) is 10.2 Å². The first-order valence-electron chi connectivity index (χ1n) is 10.2. The second-order valence-electron chi connectivity index (χ2n) is 7.73. The standard InChI is InChI=1S/C24H23N7O/c1-13-8-5-6-11-19(13)31-22(29-18-10-7-9-14(2)20(18)23(31)32)16(4)27-21-17(12-25)15(3)28-24(26)30-21/h5-11,16H,1-4H3,(H3,26,27,28,30). The maximum absolute atomic E-state index is 13.7. The van der Waals surface area contributed by atoms with Gasteiger partial charge >= 0.3 is 0 Å². The van der Waals surface area contributed by atoms with E-state index in [2.05, 4.69) is 21.4 Å². The lowest BCUT2D eigenvalue weighted by atomic mass is 10.1. The summed E-state index contributed by atoms with van der Waals surface area (Å²) in [6, 6.07) is 14.9. The van der Waals surface area contributed by atoms with E-state index < -0.39 is 6.04 Å². The molecule has 0 fully saturated rings. The Hall–Kier alpha value is -4.25. The van der Waals surface area contributed by atoms with Crippen LogP contribution in [0, 0.1) is 32.1 Å². The van der Waals surface area contributed by atoms with Crippen molar-refractivity contribution in [1.29, 1.82) is 5.26 Å². The van der Waals surface area contributed by atoms with Crippen molar-refractivity contribution in [2.45, 2.75) is 33.7 Å². The van der Waals surface area contributed by atoms with Crippen LogP contribution in [0.25, 0.3) is 16.6 Å². The van der Waals surface area contributed by atoms with Gasteiger partial charge in [-0.1, -0.05) is 30.3 Å². The van der Waals surface area contributed by atoms with Crippen LogP contribution in [0.3, 0.4) is 0 Å². The number of benzene rings is 2. The molecule has 2 aromatic heterocycles. The van der Waals surface area contributed by atoms with Crippen molar-refractivity contribution in [2.75, 3.05) is 11.1 Å². The highest BCUT2D eigenvalue weighted by Crippen LogP contribution is 2.25. The molecule has 0 bridgehead atoms. The summed E-state index contributed by atoms with van der Waals surface area (Å²) in [6.45, 7) is 7.42. The minimum Gasteiger partial charge on any atom is -0.368 e. The van der Waals surface area contributed by atoms with Crippen molar-refractivity contribution in [3.63, 3.8) is 0 Å². The molecular weight excluding hydrogens is 402 g/mol. The largest absolute Gasteiger partial charge is 0.368 e. The van der Waals surface area contributed by atoms with E-state index in [9.17, 15) is 10.1 Å². The van der Waals surface area contributed by atoms with E-state index in [0.29, 0.717) is 33.8 Å². The first kappa shape index (κ1) is 21.0. The minimum absolute atomic E-state index is 0.0644. The fourth-order valence-corrected chi connectivity index (χ4v) is 3.85. The number of fused-ring (bicyclic) bond motifs is 1. The molecule has 0 amide bonds. The Morgan fingerprint density at radius 2 is 1.75 bits per heavy atom. The van der Waals surface area contributed by atoms with Gasteiger partial charge in [-0.25, -0.2) is 9.97 Å². The van der Waals surface area contributed by atoms with Gasteiger partial charge in [0.15, 0.2) is 0 Å². The monoisotopic (exact) mass is 425 g/mol. The van der Waals surface area contributed by atoms with Crippen LogP contribution < -0.4 is 16.6 Å². The lowest BCUT2D eigenvalue weighted by Gasteiger charge is -2.22. The number of anilines is 2. The van der Waals surface area contributed by atoms with Crippen LogP contribution in [0.2, 0.25) is 0 Å². The van der Waals surface area contributed by atoms with Crippen LogP contribution in [0.5, 0.6) is 0 Å². The molecule has 1 atom stereocenters. The molecule has 0 aliphatic carbocycles. The Morgan fingerprint density at radius 1 is 1.03 bits per heavy atom. The molecule has 0 aliphatic rings. The third-order valence-corrected chi connectivity index (χ3v) is 5.45. The summed E-state index contributed by atoms with van der Waals surface area (Å²) < 4.78 is 1.63. The summed E-state index contributed by atoms with van der Waals surface area (Å²) in [5, 5.41) is 13.4. The van der Waals surface area contributed by atoms with Crippen molar-refractivity contribution in [2.24, 2.45) is 0 Å². The van der Waals surface area contributed by atoms with Crippen LogP contribution in [-0.4, -0.2) is 19.5 Å². The Labute approximate surface area is 185 Å². The first-order valence-corrected chi connectivity index (χ1v) is 10.2. The number of nitrogen functional groups attached to an aromatic ring is 1. The quantitative estimate of drug-likeness (QED) is 0.511. The van der Waals surface area contributed by atoms with E-state index in [4.69, 9.17) is 10.7 Å². The molecule has 4 rings (SSSR count). The van der Waals surface area contributed by atoms with Crippen LogP contribution in [0.15, 0.2) is 47.3 Å². The molecule has 3 N–H and O–H groups in total. The molecule has 0 radical (unpaired) electrons. The van der Waals surface area contributed by atoms with Crippen LogP contribution in [0.4, 0.5) is 11.8 Å². The zero-order chi connectivity index (χ0) is 23.0. The lowest BCUT2D eigenvalue weighted by Crippen LogP contribution is -2.28. The smallest absolute Gasteiger partial charge is 0.266 e. The molecule has 4 aromatic rings. The highest BCUT2D eigenvalue weighted by Gasteiger charge is 2.21. The number of nitrogens with two attached hydrogens (primary N) is 1. The molecule has 1 unspecified atom stereocenters. The van der Waals surface area contributed by atoms with E-state index in [1.807, 2.05) is 63.2 Å². The molecule has 32 heavy (non-hydrogen) atoms. The fourth-order valence-electron chi connectivity index (χ4n) is 3.85. The number of rotatable bonds is 4. The maximum atomic E-state index is 13.7. The van der Waals surface area contributed by atoms with Gasteiger partial charge in [0.25, 0.3) is 5.56 Å². The van der Waals surface area contributed by atoms with Crippen molar-refractivity contribution < 1.29 is 0 Å². The summed E-state index contributed by atoms with van der Waals surface area (Å²) in [5.41, 5.74) is 9.61. The second-order valence-corrected chi connectivity index (χ2v) is 7.73. The zero-order valence-corrected chi connectivity index (χ0v) is 18.3. The van der Waals surface area contributed by atoms with Gasteiger partial charge in [0.1, 0.15) is 23.3 Å². The van der Waals surface area contributed by atoms with Gasteiger partial charge in [-0.05, 0) is 51.0 Å². The predicted molar refractivity (Wildman–Crippen MR) is 125 cm³/mol. The van der Waals surface area contributed by atoms with E-state index in [1.165, 1.54) is 0 Å². The number of aromatic nitrogens is 4. The Kier molecular flexibility index (Phi) is 5.33. The van der Waals surface area contributed by atoms with Crippen LogP contribution >= 0.6 is 0 Å². The van der Waals surface area contributed by atoms with Crippen molar-refractivity contribution in [3.8, 4) is 11.8 Å². The topological polar surface area (TPSA) is 123 Å². The molecular formula is C24H23N7O. The Bertz CT molecular complexity index is 1450. The van der Waals surface area contributed by atoms with E-state index in [0.717, 1.165) is 16.8 Å². The summed E-state index contributed by atoms with van der Waals surface area (Å²) >= 11 is 0. The highest BCUT2D eigenvalue weighted by molar-refractivity contribution is 5.81. The number of nitrogens with one attached hydrogen (secondary N) is 1. The molecule has 8 nitrogen and oxygen atoms in total. The van der Waals surface area contributed by atoms with Gasteiger partial charge in [0.2, 0.25) is 5.95 Å². The van der Waals surface area contributed by atoms with E-state index in [-0.39, 0.29) is 11.5 Å². The number of nitrogens with zero attached hydrogens (tertiary/aromatic N) is 5. The normalized spacial score (nSPS) is 11.8. The number of aryl methyl sites for hydroxylation is 3. The molecule has 2 aromatic carbocycles. The van der Waals surface area contributed by atoms with Gasteiger partial charge < -0.3 is 11.1 Å². The lowest BCUT2D eigenvalue weighted by molar-refractivity contribution is 0.728. The average molecular weight is 425 g/mol. The van der Waals surface area contributed by atoms with Crippen molar-refractivity contribution in [3.05, 3.63) is 81.0 Å². The molecule has 0 saturated heterocycles. The Balaban J connectivity index is 1.97. The van der Waals surface area contributed by atoms with Gasteiger partial charge in [-0.3, -0.25) is 9.36 Å². The second kappa shape index (κ2) is 8.12. The molecule has 160 valence electrons. The summed E-state index contributed by atoms with van der Waals surface area (Å²) in [4.78, 5) is 26.8. The predicted octanol–water partition coefficient (Wildman–Crippen LogP) is 3.73. The van der Waals surface area contributed by atoms with Crippen molar-refractivity contribution in [1.82, 2.24) is 19.5 Å². The summed E-state index contributed by atoms with van der Waals surface area (Å²) in [6.07, 6.45) is 0. The number of para-hydroxylation sites is 1. The first-order chi connectivity index (χ1) is 15.3. The van der Waals surface area contributed by atoms with Crippen molar-refractivity contribution >= 4 is 22.7 Å². The van der Waals surface area contributed by atoms with Crippen LogP contribution in [0.1, 0.15) is 41.2 Å². The summed E-state index contributed by atoms with van der Waals surface area (Å²) in [5.74, 6) is 0.871. The van der Waals surface area contributed by atoms with Gasteiger partial charge in [-0.15, -0.1) is 0 Å². The minimum atomic E-state index is -0.465. The molecule has 0 spiro atoms. The average Bonchev–Trinajstić information content (AvgIpc) is 2.74. The third-order valence-electron chi connectivity index (χ3n) is 5.45. The van der Waals surface area contributed by atoms with Gasteiger partial charge in [0.05, 0.1) is 28.3 Å². The SMILES string of the molecule is Cc1ccccc1-n1c(C(C)Nc2nc(N)nc(C)c2C#N)nc2cccc(C)c2c1=O. The van der Waals surface area contributed by atoms with Gasteiger partial charge in [0, 0.05) is 0 Å². The number of nitriles is 1. The maximum Gasteiger partial charge on any atom is 0.266 e. The molecule has 2 heterocycles. The Morgan fingerprint density at radius 3 is 2.47 bits per heavy atom. The molecule has 8 heteroatoms. The molecule has 0 aliphatic heterocycles. The fraction of sp³-hybridized carbons (Fsp3) is 0.208. The van der Waals surface area contributed by atoms with Crippen LogP contribution in [-0.2, 0) is 0 Å².